The Labute approximate surface area is 175 Å². The summed E-state index contributed by atoms with van der Waals surface area (Å²) in [5, 5.41) is 7.00. The van der Waals surface area contributed by atoms with Crippen molar-refractivity contribution in [2.75, 3.05) is 26.2 Å². The first-order valence-corrected chi connectivity index (χ1v) is 11.2. The number of likely N-dealkylation sites (tertiary alicyclic amines) is 2. The van der Waals surface area contributed by atoms with Crippen LogP contribution in [0.5, 0.6) is 0 Å². The lowest BCUT2D eigenvalue weighted by Gasteiger charge is -2.35. The molecular weight excluding hydrogens is 362 g/mol. The maximum Gasteiger partial charge on any atom is 0.222 e. The highest BCUT2D eigenvalue weighted by molar-refractivity contribution is 5.80. The standard InChI is InChI=1S/C23H37N5O/c1-4-24-23(26-21-11-14-27(15-12-21)18(2)3)25-16-19-7-9-20(10-8-19)17-28-13-5-6-22(28)29/h7-10,18,21H,4-6,11-17H2,1-3H3,(H2,24,25,26). The van der Waals surface area contributed by atoms with Gasteiger partial charge in [0.15, 0.2) is 5.96 Å². The third-order valence-electron chi connectivity index (χ3n) is 5.93. The van der Waals surface area contributed by atoms with Crippen molar-refractivity contribution in [3.8, 4) is 0 Å². The lowest BCUT2D eigenvalue weighted by atomic mass is 10.0. The van der Waals surface area contributed by atoms with Crippen LogP contribution in [0.1, 0.15) is 57.6 Å². The summed E-state index contributed by atoms with van der Waals surface area (Å²) in [6.07, 6.45) is 4.00. The average Bonchev–Trinajstić information content (AvgIpc) is 3.12. The molecule has 0 aromatic heterocycles. The van der Waals surface area contributed by atoms with E-state index in [1.807, 2.05) is 4.90 Å². The Morgan fingerprint density at radius 1 is 1.14 bits per heavy atom. The van der Waals surface area contributed by atoms with E-state index in [0.717, 1.165) is 57.9 Å². The highest BCUT2D eigenvalue weighted by Gasteiger charge is 2.21. The third-order valence-corrected chi connectivity index (χ3v) is 5.93. The van der Waals surface area contributed by atoms with Gasteiger partial charge in [-0.15, -0.1) is 0 Å². The Morgan fingerprint density at radius 2 is 1.83 bits per heavy atom. The van der Waals surface area contributed by atoms with Crippen LogP contribution < -0.4 is 10.6 Å². The van der Waals surface area contributed by atoms with Crippen LogP contribution >= 0.6 is 0 Å². The van der Waals surface area contributed by atoms with E-state index in [0.29, 0.717) is 25.0 Å². The fourth-order valence-electron chi connectivity index (χ4n) is 4.09. The molecule has 0 saturated carbocycles. The largest absolute Gasteiger partial charge is 0.357 e. The maximum atomic E-state index is 11.8. The zero-order valence-corrected chi connectivity index (χ0v) is 18.3. The molecule has 6 heteroatoms. The van der Waals surface area contributed by atoms with Gasteiger partial charge >= 0.3 is 0 Å². The van der Waals surface area contributed by atoms with E-state index >= 15 is 0 Å². The Balaban J connectivity index is 1.51. The summed E-state index contributed by atoms with van der Waals surface area (Å²) >= 11 is 0. The summed E-state index contributed by atoms with van der Waals surface area (Å²) in [6.45, 7) is 12.1. The van der Waals surface area contributed by atoms with Gasteiger partial charge in [-0.1, -0.05) is 24.3 Å². The molecule has 2 heterocycles. The average molecular weight is 400 g/mol. The number of carbonyl (C=O) groups excluding carboxylic acids is 1. The Bertz CT molecular complexity index is 677. The Morgan fingerprint density at radius 3 is 2.41 bits per heavy atom. The molecule has 0 radical (unpaired) electrons. The van der Waals surface area contributed by atoms with Crippen LogP contribution in [0, 0.1) is 0 Å². The molecule has 1 aromatic carbocycles. The molecule has 1 aromatic rings. The van der Waals surface area contributed by atoms with Gasteiger partial charge in [-0.05, 0) is 51.2 Å². The molecule has 0 aliphatic carbocycles. The normalized spacial score (nSPS) is 19.2. The molecule has 1 amide bonds. The second-order valence-corrected chi connectivity index (χ2v) is 8.48. The van der Waals surface area contributed by atoms with E-state index < -0.39 is 0 Å². The lowest BCUT2D eigenvalue weighted by molar-refractivity contribution is -0.128. The minimum Gasteiger partial charge on any atom is -0.357 e. The zero-order chi connectivity index (χ0) is 20.6. The zero-order valence-electron chi connectivity index (χ0n) is 18.3. The van der Waals surface area contributed by atoms with Crippen molar-refractivity contribution in [1.82, 2.24) is 20.4 Å². The molecular formula is C23H37N5O. The molecule has 0 bridgehead atoms. The van der Waals surface area contributed by atoms with Crippen LogP contribution in [0.15, 0.2) is 29.3 Å². The topological polar surface area (TPSA) is 60.0 Å². The quantitative estimate of drug-likeness (QED) is 0.547. The van der Waals surface area contributed by atoms with E-state index in [9.17, 15) is 4.79 Å². The molecule has 2 saturated heterocycles. The van der Waals surface area contributed by atoms with E-state index in [4.69, 9.17) is 4.99 Å². The first-order chi connectivity index (χ1) is 14.0. The van der Waals surface area contributed by atoms with Crippen molar-refractivity contribution < 1.29 is 4.79 Å². The molecule has 3 rings (SSSR count). The summed E-state index contributed by atoms with van der Waals surface area (Å²) in [5.74, 6) is 1.18. The van der Waals surface area contributed by atoms with E-state index in [-0.39, 0.29) is 5.91 Å². The molecule has 29 heavy (non-hydrogen) atoms. The van der Waals surface area contributed by atoms with Gasteiger partial charge in [0.25, 0.3) is 0 Å². The van der Waals surface area contributed by atoms with E-state index in [1.54, 1.807) is 0 Å². The van der Waals surface area contributed by atoms with Crippen LogP contribution in [-0.4, -0.2) is 59.9 Å². The first kappa shape index (κ1) is 21.6. The predicted octanol–water partition coefficient (Wildman–Crippen LogP) is 2.74. The van der Waals surface area contributed by atoms with Crippen LogP contribution in [0.3, 0.4) is 0 Å². The minimum absolute atomic E-state index is 0.277. The fourth-order valence-corrected chi connectivity index (χ4v) is 4.09. The van der Waals surface area contributed by atoms with Crippen LogP contribution in [0.25, 0.3) is 0 Å². The van der Waals surface area contributed by atoms with Gasteiger partial charge in [0.05, 0.1) is 6.54 Å². The second kappa shape index (κ2) is 10.6. The molecule has 0 unspecified atom stereocenters. The number of nitrogens with zero attached hydrogens (tertiary/aromatic N) is 3. The van der Waals surface area contributed by atoms with Crippen molar-refractivity contribution in [2.24, 2.45) is 4.99 Å². The number of guanidine groups is 1. The third kappa shape index (κ3) is 6.46. The van der Waals surface area contributed by atoms with Gasteiger partial charge in [-0.25, -0.2) is 4.99 Å². The summed E-state index contributed by atoms with van der Waals surface area (Å²) in [5.41, 5.74) is 2.38. The minimum atomic E-state index is 0.277. The van der Waals surface area contributed by atoms with Gasteiger partial charge < -0.3 is 20.4 Å². The molecule has 6 nitrogen and oxygen atoms in total. The van der Waals surface area contributed by atoms with E-state index in [1.165, 1.54) is 11.1 Å². The molecule has 2 aliphatic heterocycles. The van der Waals surface area contributed by atoms with Crippen molar-refractivity contribution in [3.05, 3.63) is 35.4 Å². The van der Waals surface area contributed by atoms with Crippen molar-refractivity contribution in [3.63, 3.8) is 0 Å². The summed E-state index contributed by atoms with van der Waals surface area (Å²) in [4.78, 5) is 21.1. The molecule has 2 aliphatic rings. The monoisotopic (exact) mass is 399 g/mol. The number of aliphatic imine (C=N–C) groups is 1. The van der Waals surface area contributed by atoms with Crippen molar-refractivity contribution in [1.29, 1.82) is 0 Å². The second-order valence-electron chi connectivity index (χ2n) is 8.48. The summed E-state index contributed by atoms with van der Waals surface area (Å²) in [7, 11) is 0. The molecule has 2 N–H and O–H groups in total. The van der Waals surface area contributed by atoms with Gasteiger partial charge in [0.1, 0.15) is 0 Å². The molecule has 160 valence electrons. The number of rotatable bonds is 7. The number of amides is 1. The Hall–Kier alpha value is -2.08. The fraction of sp³-hybridized carbons (Fsp3) is 0.652. The van der Waals surface area contributed by atoms with Crippen molar-refractivity contribution >= 4 is 11.9 Å². The SMILES string of the molecule is CCNC(=NCc1ccc(CN2CCCC2=O)cc1)NC1CCN(C(C)C)CC1. The predicted molar refractivity (Wildman–Crippen MR) is 119 cm³/mol. The van der Waals surface area contributed by atoms with Gasteiger partial charge in [0, 0.05) is 51.2 Å². The molecule has 0 spiro atoms. The van der Waals surface area contributed by atoms with Gasteiger partial charge in [0.2, 0.25) is 5.91 Å². The smallest absolute Gasteiger partial charge is 0.222 e. The van der Waals surface area contributed by atoms with E-state index in [2.05, 4.69) is 60.6 Å². The summed E-state index contributed by atoms with van der Waals surface area (Å²) in [6, 6.07) is 9.62. The van der Waals surface area contributed by atoms with Gasteiger partial charge in [-0.3, -0.25) is 4.79 Å². The number of piperidine rings is 1. The number of hydrogen-bond acceptors (Lipinski definition) is 3. The highest BCUT2D eigenvalue weighted by Crippen LogP contribution is 2.15. The van der Waals surface area contributed by atoms with Crippen molar-refractivity contribution in [2.45, 2.75) is 71.6 Å². The highest BCUT2D eigenvalue weighted by atomic mass is 16.2. The first-order valence-electron chi connectivity index (χ1n) is 11.2. The molecule has 2 fully saturated rings. The summed E-state index contributed by atoms with van der Waals surface area (Å²) < 4.78 is 0. The number of carbonyl (C=O) groups is 1. The lowest BCUT2D eigenvalue weighted by Crippen LogP contribution is -2.49. The molecule has 0 atom stereocenters. The number of benzene rings is 1. The number of hydrogen-bond donors (Lipinski definition) is 2. The maximum absolute atomic E-state index is 11.8. The van der Waals surface area contributed by atoms with Crippen LogP contribution in [0.2, 0.25) is 0 Å². The number of nitrogens with one attached hydrogen (secondary N) is 2. The Kier molecular flexibility index (Phi) is 7.92. The van der Waals surface area contributed by atoms with Gasteiger partial charge in [-0.2, -0.15) is 0 Å². The van der Waals surface area contributed by atoms with Crippen LogP contribution in [-0.2, 0) is 17.9 Å². The van der Waals surface area contributed by atoms with Crippen LogP contribution in [0.4, 0.5) is 0 Å².